The van der Waals surface area contributed by atoms with Crippen molar-refractivity contribution in [2.45, 2.75) is 51.9 Å². The summed E-state index contributed by atoms with van der Waals surface area (Å²) in [6.07, 6.45) is -0.942. The average molecular weight is 399 g/mol. The fourth-order valence-electron chi connectivity index (χ4n) is 3.45. The molecule has 1 unspecified atom stereocenters. The molecule has 2 N–H and O–H groups in total. The van der Waals surface area contributed by atoms with E-state index < -0.39 is 17.6 Å². The number of ether oxygens (including phenoxy) is 3. The Hall–Kier alpha value is -2.73. The first-order valence-electron chi connectivity index (χ1n) is 9.94. The molecule has 1 aliphatic rings. The van der Waals surface area contributed by atoms with Crippen LogP contribution < -0.4 is 14.8 Å². The van der Waals surface area contributed by atoms with Crippen LogP contribution in [0.5, 0.6) is 11.5 Å². The van der Waals surface area contributed by atoms with Gasteiger partial charge < -0.3 is 24.6 Å². The minimum atomic E-state index is -1.13. The summed E-state index contributed by atoms with van der Waals surface area (Å²) in [6, 6.07) is 14.8. The molecule has 6 nitrogen and oxygen atoms in total. The van der Waals surface area contributed by atoms with E-state index in [9.17, 15) is 9.90 Å². The van der Waals surface area contributed by atoms with Gasteiger partial charge in [-0.05, 0) is 37.5 Å². The second-order valence-corrected chi connectivity index (χ2v) is 7.90. The highest BCUT2D eigenvalue weighted by molar-refractivity contribution is 5.85. The third-order valence-electron chi connectivity index (χ3n) is 5.13. The van der Waals surface area contributed by atoms with Gasteiger partial charge in [-0.3, -0.25) is 0 Å². The Morgan fingerprint density at radius 1 is 1.10 bits per heavy atom. The van der Waals surface area contributed by atoms with E-state index in [0.29, 0.717) is 17.2 Å². The van der Waals surface area contributed by atoms with Crippen molar-refractivity contribution in [2.24, 2.45) is 5.92 Å². The molecule has 0 fully saturated rings. The van der Waals surface area contributed by atoms with Gasteiger partial charge in [0.05, 0.1) is 12.2 Å². The van der Waals surface area contributed by atoms with Crippen LogP contribution in [0, 0.1) is 5.92 Å². The number of hydrogen-bond donors (Lipinski definition) is 2. The minimum Gasteiger partial charge on any atom is -0.461 e. The molecule has 2 aromatic rings. The van der Waals surface area contributed by atoms with Crippen LogP contribution in [0.15, 0.2) is 48.5 Å². The van der Waals surface area contributed by atoms with E-state index in [2.05, 4.69) is 5.32 Å². The van der Waals surface area contributed by atoms with Gasteiger partial charge in [-0.25, -0.2) is 4.79 Å². The number of benzene rings is 2. The summed E-state index contributed by atoms with van der Waals surface area (Å²) in [7, 11) is 0. The lowest BCUT2D eigenvalue weighted by Crippen LogP contribution is -2.53. The number of esters is 1. The van der Waals surface area contributed by atoms with Crippen LogP contribution in [0.3, 0.4) is 0 Å². The molecule has 0 aliphatic carbocycles. The van der Waals surface area contributed by atoms with E-state index in [-0.39, 0.29) is 25.2 Å². The molecule has 0 radical (unpaired) electrons. The predicted molar refractivity (Wildman–Crippen MR) is 111 cm³/mol. The average Bonchev–Trinajstić information content (AvgIpc) is 3.15. The van der Waals surface area contributed by atoms with Gasteiger partial charge in [0.25, 0.3) is 0 Å². The van der Waals surface area contributed by atoms with Crippen LogP contribution in [0.1, 0.15) is 45.8 Å². The Morgan fingerprint density at radius 3 is 2.45 bits per heavy atom. The van der Waals surface area contributed by atoms with E-state index in [1.165, 1.54) is 0 Å². The predicted octanol–water partition coefficient (Wildman–Crippen LogP) is 4.30. The number of hydrogen-bond acceptors (Lipinski definition) is 6. The third-order valence-corrected chi connectivity index (χ3v) is 5.13. The van der Waals surface area contributed by atoms with Gasteiger partial charge in [0.2, 0.25) is 6.79 Å². The fraction of sp³-hybridized carbons (Fsp3) is 0.435. The molecule has 1 aliphatic heterocycles. The molecule has 0 aromatic heterocycles. The molecule has 0 saturated heterocycles. The quantitative estimate of drug-likeness (QED) is 0.645. The van der Waals surface area contributed by atoms with Crippen LogP contribution >= 0.6 is 0 Å². The van der Waals surface area contributed by atoms with Crippen LogP contribution in [0.4, 0.5) is 5.69 Å². The van der Waals surface area contributed by atoms with Crippen molar-refractivity contribution in [3.8, 4) is 11.5 Å². The van der Waals surface area contributed by atoms with E-state index in [1.54, 1.807) is 12.1 Å². The smallest absolute Gasteiger partial charge is 0.332 e. The summed E-state index contributed by atoms with van der Waals surface area (Å²) in [5, 5.41) is 14.3. The van der Waals surface area contributed by atoms with Gasteiger partial charge in [0.1, 0.15) is 5.54 Å². The monoisotopic (exact) mass is 399 g/mol. The standard InChI is InChI=1S/C23H29NO5/c1-15(2)23(22(26)29-16(3)4,13-19(25)17-8-6-5-7-9-17)24-18-10-11-20-21(12-18)28-14-27-20/h5-12,15-16,19,24-25H,13-14H2,1-4H3/t19-,23?/m1/s1. The zero-order valence-corrected chi connectivity index (χ0v) is 17.3. The first-order chi connectivity index (χ1) is 13.8. The summed E-state index contributed by atoms with van der Waals surface area (Å²) in [4.78, 5) is 13.3. The summed E-state index contributed by atoms with van der Waals surface area (Å²) in [6.45, 7) is 7.70. The molecule has 0 bridgehead atoms. The Kier molecular flexibility index (Phi) is 6.33. The Bertz CT molecular complexity index is 836. The first-order valence-corrected chi connectivity index (χ1v) is 9.94. The second kappa shape index (κ2) is 8.74. The van der Waals surface area contributed by atoms with Gasteiger partial charge >= 0.3 is 5.97 Å². The highest BCUT2D eigenvalue weighted by Gasteiger charge is 2.45. The zero-order valence-electron chi connectivity index (χ0n) is 17.3. The van der Waals surface area contributed by atoms with Crippen LogP contribution in [-0.4, -0.2) is 29.5 Å². The molecular weight excluding hydrogens is 370 g/mol. The number of fused-ring (bicyclic) bond motifs is 1. The Morgan fingerprint density at radius 2 is 1.79 bits per heavy atom. The van der Waals surface area contributed by atoms with Gasteiger partial charge in [-0.15, -0.1) is 0 Å². The molecule has 6 heteroatoms. The normalized spacial score (nSPS) is 15.8. The maximum atomic E-state index is 13.3. The summed E-state index contributed by atoms with van der Waals surface area (Å²) >= 11 is 0. The van der Waals surface area contributed by atoms with Gasteiger partial charge in [0, 0.05) is 18.2 Å². The minimum absolute atomic E-state index is 0.155. The van der Waals surface area contributed by atoms with Crippen LogP contribution in [0.25, 0.3) is 0 Å². The number of aliphatic hydroxyl groups excluding tert-OH is 1. The van der Waals surface area contributed by atoms with E-state index in [1.807, 2.05) is 64.1 Å². The maximum absolute atomic E-state index is 13.3. The summed E-state index contributed by atoms with van der Waals surface area (Å²) < 4.78 is 16.4. The van der Waals surface area contributed by atoms with Crippen molar-refractivity contribution >= 4 is 11.7 Å². The number of nitrogens with one attached hydrogen (secondary N) is 1. The van der Waals surface area contributed by atoms with E-state index in [4.69, 9.17) is 14.2 Å². The largest absolute Gasteiger partial charge is 0.461 e. The Balaban J connectivity index is 1.95. The highest BCUT2D eigenvalue weighted by atomic mass is 16.7. The topological polar surface area (TPSA) is 77.0 Å². The molecule has 0 spiro atoms. The van der Waals surface area contributed by atoms with Crippen LogP contribution in [-0.2, 0) is 9.53 Å². The van der Waals surface area contributed by atoms with Crippen molar-refractivity contribution in [1.82, 2.24) is 0 Å². The fourth-order valence-corrected chi connectivity index (χ4v) is 3.45. The van der Waals surface area contributed by atoms with E-state index in [0.717, 1.165) is 5.56 Å². The third kappa shape index (κ3) is 4.65. The molecule has 1 heterocycles. The summed E-state index contributed by atoms with van der Waals surface area (Å²) in [5.74, 6) is 0.737. The molecule has 0 amide bonds. The zero-order chi connectivity index (χ0) is 21.0. The van der Waals surface area contributed by atoms with Crippen molar-refractivity contribution < 1.29 is 24.1 Å². The van der Waals surface area contributed by atoms with Gasteiger partial charge in [-0.1, -0.05) is 44.2 Å². The van der Waals surface area contributed by atoms with Crippen molar-refractivity contribution in [3.05, 3.63) is 54.1 Å². The number of rotatable bonds is 8. The molecule has 3 rings (SSSR count). The first kappa shape index (κ1) is 21.0. The molecule has 29 heavy (non-hydrogen) atoms. The molecule has 156 valence electrons. The van der Waals surface area contributed by atoms with Crippen molar-refractivity contribution in [1.29, 1.82) is 0 Å². The molecule has 0 saturated carbocycles. The number of anilines is 1. The number of aliphatic hydroxyl groups is 1. The Labute approximate surface area is 171 Å². The molecular formula is C23H29NO5. The maximum Gasteiger partial charge on any atom is 0.332 e. The molecule has 2 aromatic carbocycles. The van der Waals surface area contributed by atoms with Crippen molar-refractivity contribution in [3.63, 3.8) is 0 Å². The SMILES string of the molecule is CC(C)OC(=O)C(C[C@@H](O)c1ccccc1)(Nc1ccc2c(c1)OCO2)C(C)C. The highest BCUT2D eigenvalue weighted by Crippen LogP contribution is 2.38. The van der Waals surface area contributed by atoms with Gasteiger partial charge in [-0.2, -0.15) is 0 Å². The van der Waals surface area contributed by atoms with Crippen LogP contribution in [0.2, 0.25) is 0 Å². The second-order valence-electron chi connectivity index (χ2n) is 7.90. The lowest BCUT2D eigenvalue weighted by Gasteiger charge is -2.39. The molecule has 2 atom stereocenters. The summed E-state index contributed by atoms with van der Waals surface area (Å²) in [5.41, 5.74) is 0.319. The van der Waals surface area contributed by atoms with Gasteiger partial charge in [0.15, 0.2) is 11.5 Å². The number of carbonyl (C=O) groups excluding carboxylic acids is 1. The lowest BCUT2D eigenvalue weighted by molar-refractivity contribution is -0.156. The van der Waals surface area contributed by atoms with Crippen molar-refractivity contribution in [2.75, 3.05) is 12.1 Å². The lowest BCUT2D eigenvalue weighted by atomic mass is 9.79. The number of carbonyl (C=O) groups is 1. The van der Waals surface area contributed by atoms with E-state index >= 15 is 0 Å².